The van der Waals surface area contributed by atoms with Gasteiger partial charge in [-0.25, -0.2) is 4.98 Å². The molecule has 2 fully saturated rings. The predicted molar refractivity (Wildman–Crippen MR) is 136 cm³/mol. The Morgan fingerprint density at radius 2 is 1.90 bits per heavy atom. The number of nitrogens with one attached hydrogen (secondary N) is 1. The van der Waals surface area contributed by atoms with E-state index in [4.69, 9.17) is 9.41 Å². The van der Waals surface area contributed by atoms with E-state index in [9.17, 15) is 0 Å². The first-order valence-corrected chi connectivity index (χ1v) is 11.7. The standard InChI is InChI=1S/C23H38N6O.HI/c1-4-24-23(29-14-9-21(16-29)28-10-5-6-11-28)25-15-20-7-12-27(13-8-20)17-22-26-18(2)19(3)30-22;/h5-6,20-21H,4,7-17H2,1-3H3,(H,24,25);1H. The summed E-state index contributed by atoms with van der Waals surface area (Å²) in [4.78, 5) is 17.1. The van der Waals surface area contributed by atoms with Gasteiger partial charge in [-0.1, -0.05) is 12.2 Å². The van der Waals surface area contributed by atoms with E-state index in [1.54, 1.807) is 0 Å². The van der Waals surface area contributed by atoms with Crippen LogP contribution in [0.1, 0.15) is 43.5 Å². The molecule has 2 saturated heterocycles. The Hall–Kier alpha value is -1.13. The normalized spacial score (nSPS) is 23.5. The number of aliphatic imine (C=N–C) groups is 1. The van der Waals surface area contributed by atoms with E-state index in [1.807, 2.05) is 13.8 Å². The lowest BCUT2D eigenvalue weighted by atomic mass is 9.97. The molecule has 1 aromatic heterocycles. The Bertz CT molecular complexity index is 728. The second kappa shape index (κ2) is 11.7. The minimum atomic E-state index is 0. The van der Waals surface area contributed by atoms with E-state index in [1.165, 1.54) is 19.3 Å². The van der Waals surface area contributed by atoms with E-state index in [2.05, 4.69) is 44.1 Å². The molecular formula is C23H39IN6O. The second-order valence-electron chi connectivity index (χ2n) is 8.98. The van der Waals surface area contributed by atoms with Gasteiger partial charge in [-0.05, 0) is 59.0 Å². The van der Waals surface area contributed by atoms with Gasteiger partial charge in [0.1, 0.15) is 5.76 Å². The maximum atomic E-state index is 5.76. The van der Waals surface area contributed by atoms with E-state index in [0.717, 1.165) is 82.2 Å². The van der Waals surface area contributed by atoms with Gasteiger partial charge in [-0.15, -0.1) is 24.0 Å². The molecule has 0 amide bonds. The molecular weight excluding hydrogens is 503 g/mol. The topological polar surface area (TPSA) is 60.1 Å². The lowest BCUT2D eigenvalue weighted by Gasteiger charge is -2.31. The van der Waals surface area contributed by atoms with Crippen molar-refractivity contribution in [3.63, 3.8) is 0 Å². The molecule has 1 aromatic rings. The Balaban J connectivity index is 0.00000272. The zero-order valence-corrected chi connectivity index (χ0v) is 21.7. The van der Waals surface area contributed by atoms with Gasteiger partial charge in [0.05, 0.1) is 12.2 Å². The van der Waals surface area contributed by atoms with Crippen molar-refractivity contribution in [2.24, 2.45) is 10.9 Å². The van der Waals surface area contributed by atoms with Crippen LogP contribution in [0.5, 0.6) is 0 Å². The molecule has 174 valence electrons. The number of aryl methyl sites for hydroxylation is 2. The summed E-state index contributed by atoms with van der Waals surface area (Å²) < 4.78 is 5.76. The van der Waals surface area contributed by atoms with Crippen molar-refractivity contribution >= 4 is 29.9 Å². The number of aromatic nitrogens is 1. The molecule has 0 saturated carbocycles. The van der Waals surface area contributed by atoms with Crippen molar-refractivity contribution in [3.05, 3.63) is 29.5 Å². The van der Waals surface area contributed by atoms with E-state index < -0.39 is 0 Å². The van der Waals surface area contributed by atoms with E-state index >= 15 is 0 Å². The van der Waals surface area contributed by atoms with Crippen molar-refractivity contribution in [1.82, 2.24) is 25.0 Å². The van der Waals surface area contributed by atoms with Crippen LogP contribution in [0.3, 0.4) is 0 Å². The maximum Gasteiger partial charge on any atom is 0.208 e. The van der Waals surface area contributed by atoms with Crippen LogP contribution in [0.2, 0.25) is 0 Å². The third-order valence-corrected chi connectivity index (χ3v) is 6.80. The van der Waals surface area contributed by atoms with Gasteiger partial charge < -0.3 is 14.6 Å². The second-order valence-corrected chi connectivity index (χ2v) is 8.98. The molecule has 4 heterocycles. The Morgan fingerprint density at radius 1 is 1.16 bits per heavy atom. The summed E-state index contributed by atoms with van der Waals surface area (Å²) in [6.07, 6.45) is 8.22. The lowest BCUT2D eigenvalue weighted by Crippen LogP contribution is -2.43. The molecule has 8 heteroatoms. The molecule has 7 nitrogen and oxygen atoms in total. The smallest absolute Gasteiger partial charge is 0.208 e. The third kappa shape index (κ3) is 6.44. The van der Waals surface area contributed by atoms with Gasteiger partial charge in [-0.3, -0.25) is 14.8 Å². The molecule has 1 atom stereocenters. The summed E-state index contributed by atoms with van der Waals surface area (Å²) >= 11 is 0. The highest BCUT2D eigenvalue weighted by Crippen LogP contribution is 2.21. The molecule has 1 unspecified atom stereocenters. The van der Waals surface area contributed by atoms with Crippen molar-refractivity contribution in [2.45, 2.75) is 52.6 Å². The summed E-state index contributed by atoms with van der Waals surface area (Å²) in [5, 5.41) is 3.54. The fourth-order valence-electron chi connectivity index (χ4n) is 4.79. The maximum absolute atomic E-state index is 5.76. The van der Waals surface area contributed by atoms with Crippen LogP contribution in [0.15, 0.2) is 21.6 Å². The number of nitrogens with zero attached hydrogens (tertiary/aromatic N) is 5. The van der Waals surface area contributed by atoms with Crippen LogP contribution >= 0.6 is 24.0 Å². The number of rotatable bonds is 6. The van der Waals surface area contributed by atoms with Gasteiger partial charge in [0.2, 0.25) is 5.89 Å². The Morgan fingerprint density at radius 3 is 2.55 bits per heavy atom. The number of piperidine rings is 1. The average molecular weight is 543 g/mol. The predicted octanol–water partition coefficient (Wildman–Crippen LogP) is 3.03. The summed E-state index contributed by atoms with van der Waals surface area (Å²) in [5.74, 6) is 3.58. The fraction of sp³-hybridized carbons (Fsp3) is 0.739. The number of halogens is 1. The van der Waals surface area contributed by atoms with Crippen molar-refractivity contribution in [1.29, 1.82) is 0 Å². The Kier molecular flexibility index (Phi) is 9.21. The van der Waals surface area contributed by atoms with Crippen LogP contribution in [0, 0.1) is 19.8 Å². The minimum absolute atomic E-state index is 0. The van der Waals surface area contributed by atoms with Crippen molar-refractivity contribution in [2.75, 3.05) is 52.4 Å². The first kappa shape index (κ1) is 24.5. The number of hydrogen-bond acceptors (Lipinski definition) is 5. The first-order valence-electron chi connectivity index (χ1n) is 11.7. The number of oxazole rings is 1. The average Bonchev–Trinajstić information content (AvgIpc) is 3.48. The highest BCUT2D eigenvalue weighted by Gasteiger charge is 2.30. The fourth-order valence-corrected chi connectivity index (χ4v) is 4.79. The molecule has 31 heavy (non-hydrogen) atoms. The summed E-state index contributed by atoms with van der Waals surface area (Å²) in [5.41, 5.74) is 1.01. The molecule has 0 bridgehead atoms. The van der Waals surface area contributed by atoms with Gasteiger partial charge in [0, 0.05) is 45.3 Å². The number of likely N-dealkylation sites (tertiary alicyclic amines) is 2. The largest absolute Gasteiger partial charge is 0.444 e. The van der Waals surface area contributed by atoms with E-state index in [-0.39, 0.29) is 24.0 Å². The van der Waals surface area contributed by atoms with Gasteiger partial charge in [0.25, 0.3) is 0 Å². The van der Waals surface area contributed by atoms with Crippen LogP contribution in [0.4, 0.5) is 0 Å². The van der Waals surface area contributed by atoms with Crippen LogP contribution in [-0.2, 0) is 6.54 Å². The SMILES string of the molecule is CCNC(=NCC1CCN(Cc2nc(C)c(C)o2)CC1)N1CCC(N2CC=CC2)C1.I. The van der Waals surface area contributed by atoms with Crippen LogP contribution < -0.4 is 5.32 Å². The minimum Gasteiger partial charge on any atom is -0.444 e. The van der Waals surface area contributed by atoms with Gasteiger partial charge >= 0.3 is 0 Å². The van der Waals surface area contributed by atoms with Crippen molar-refractivity contribution in [3.8, 4) is 0 Å². The van der Waals surface area contributed by atoms with Crippen LogP contribution in [-0.4, -0.2) is 84.0 Å². The van der Waals surface area contributed by atoms with Gasteiger partial charge in [0.15, 0.2) is 5.96 Å². The molecule has 3 aliphatic heterocycles. The molecule has 0 spiro atoms. The molecule has 1 N–H and O–H groups in total. The van der Waals surface area contributed by atoms with E-state index in [0.29, 0.717) is 12.0 Å². The molecule has 3 aliphatic rings. The van der Waals surface area contributed by atoms with Crippen LogP contribution in [0.25, 0.3) is 0 Å². The zero-order chi connectivity index (χ0) is 20.9. The van der Waals surface area contributed by atoms with Crippen molar-refractivity contribution < 1.29 is 4.42 Å². The quantitative estimate of drug-likeness (QED) is 0.258. The zero-order valence-electron chi connectivity index (χ0n) is 19.3. The Labute approximate surface area is 204 Å². The summed E-state index contributed by atoms with van der Waals surface area (Å²) in [7, 11) is 0. The lowest BCUT2D eigenvalue weighted by molar-refractivity contribution is 0.166. The summed E-state index contributed by atoms with van der Waals surface area (Å²) in [6, 6.07) is 0.662. The summed E-state index contributed by atoms with van der Waals surface area (Å²) in [6.45, 7) is 15.5. The number of hydrogen-bond donors (Lipinski definition) is 1. The van der Waals surface area contributed by atoms with Gasteiger partial charge in [-0.2, -0.15) is 0 Å². The monoisotopic (exact) mass is 542 g/mol. The first-order chi connectivity index (χ1) is 14.6. The highest BCUT2D eigenvalue weighted by molar-refractivity contribution is 14.0. The molecule has 0 radical (unpaired) electrons. The third-order valence-electron chi connectivity index (χ3n) is 6.80. The molecule has 0 aliphatic carbocycles. The number of guanidine groups is 1. The molecule has 4 rings (SSSR count). The highest BCUT2D eigenvalue weighted by atomic mass is 127. The molecule has 0 aromatic carbocycles.